The highest BCUT2D eigenvalue weighted by atomic mass is 19.1. The lowest BCUT2D eigenvalue weighted by atomic mass is 9.62. The molecule has 0 radical (unpaired) electrons. The Hall–Kier alpha value is -1.49. The molecule has 0 atom stereocenters. The van der Waals surface area contributed by atoms with Crippen LogP contribution in [0.15, 0.2) is 18.2 Å². The van der Waals surface area contributed by atoms with Crippen molar-refractivity contribution in [3.8, 4) is 0 Å². The summed E-state index contributed by atoms with van der Waals surface area (Å²) in [5, 5.41) is 0. The maximum absolute atomic E-state index is 13.2. The first kappa shape index (κ1) is 13.0. The number of rotatable bonds is 3. The van der Waals surface area contributed by atoms with Gasteiger partial charge < -0.3 is 10.5 Å². The molecule has 5 heteroatoms. The van der Waals surface area contributed by atoms with Crippen molar-refractivity contribution in [2.24, 2.45) is 5.73 Å². The second-order valence-electron chi connectivity index (χ2n) is 4.63. The summed E-state index contributed by atoms with van der Waals surface area (Å²) >= 11 is 0. The van der Waals surface area contributed by atoms with Gasteiger partial charge in [-0.05, 0) is 37.5 Å². The number of carbonyl (C=O) groups is 1. The number of esters is 1. The molecule has 1 aromatic carbocycles. The van der Waals surface area contributed by atoms with Gasteiger partial charge in [0.1, 0.15) is 11.6 Å². The highest BCUT2D eigenvalue weighted by Crippen LogP contribution is 2.44. The average Bonchev–Trinajstić information content (AvgIpc) is 2.23. The molecule has 1 aliphatic rings. The van der Waals surface area contributed by atoms with Gasteiger partial charge in [-0.3, -0.25) is 4.79 Å². The van der Waals surface area contributed by atoms with Crippen LogP contribution in [0.4, 0.5) is 8.78 Å². The Balaban J connectivity index is 2.38. The zero-order valence-electron chi connectivity index (χ0n) is 10.1. The summed E-state index contributed by atoms with van der Waals surface area (Å²) in [4.78, 5) is 12.0. The van der Waals surface area contributed by atoms with Crippen LogP contribution in [-0.2, 0) is 14.9 Å². The van der Waals surface area contributed by atoms with Gasteiger partial charge in [-0.15, -0.1) is 0 Å². The van der Waals surface area contributed by atoms with Crippen molar-refractivity contribution >= 4 is 5.97 Å². The van der Waals surface area contributed by atoms with Gasteiger partial charge in [0, 0.05) is 12.1 Å². The van der Waals surface area contributed by atoms with Crippen LogP contribution in [0.1, 0.15) is 25.3 Å². The van der Waals surface area contributed by atoms with E-state index in [4.69, 9.17) is 10.5 Å². The molecule has 1 aromatic rings. The van der Waals surface area contributed by atoms with Gasteiger partial charge in [0.05, 0.1) is 12.0 Å². The van der Waals surface area contributed by atoms with Gasteiger partial charge in [0.2, 0.25) is 0 Å². The topological polar surface area (TPSA) is 52.3 Å². The lowest BCUT2D eigenvalue weighted by Gasteiger charge is -2.44. The molecule has 1 fully saturated rings. The van der Waals surface area contributed by atoms with Crippen molar-refractivity contribution in [1.82, 2.24) is 0 Å². The zero-order valence-corrected chi connectivity index (χ0v) is 10.1. The SMILES string of the molecule is CCOC(=O)C1(c2cc(F)cc(F)c2)CC(N)C1. The van der Waals surface area contributed by atoms with Crippen LogP contribution in [0.3, 0.4) is 0 Å². The fraction of sp³-hybridized carbons (Fsp3) is 0.462. The molecule has 0 amide bonds. The van der Waals surface area contributed by atoms with Crippen LogP contribution in [0.2, 0.25) is 0 Å². The summed E-state index contributed by atoms with van der Waals surface area (Å²) in [5.74, 6) is -1.86. The van der Waals surface area contributed by atoms with Crippen LogP contribution < -0.4 is 5.73 Å². The van der Waals surface area contributed by atoms with Gasteiger partial charge >= 0.3 is 5.97 Å². The number of benzene rings is 1. The third-order valence-corrected chi connectivity index (χ3v) is 3.30. The number of nitrogens with two attached hydrogens (primary N) is 1. The Morgan fingerprint density at radius 1 is 1.39 bits per heavy atom. The van der Waals surface area contributed by atoms with Crippen molar-refractivity contribution in [2.75, 3.05) is 6.61 Å². The van der Waals surface area contributed by atoms with Crippen LogP contribution >= 0.6 is 0 Å². The predicted molar refractivity (Wildman–Crippen MR) is 61.9 cm³/mol. The van der Waals surface area contributed by atoms with E-state index in [2.05, 4.69) is 0 Å². The van der Waals surface area contributed by atoms with E-state index >= 15 is 0 Å². The predicted octanol–water partition coefficient (Wildman–Crippen LogP) is 1.89. The number of carbonyl (C=O) groups excluding carboxylic acids is 1. The normalized spacial score (nSPS) is 26.6. The molecule has 1 aliphatic carbocycles. The summed E-state index contributed by atoms with van der Waals surface area (Å²) in [7, 11) is 0. The minimum atomic E-state index is -0.988. The minimum absolute atomic E-state index is 0.138. The molecule has 0 spiro atoms. The first-order valence-corrected chi connectivity index (χ1v) is 5.87. The van der Waals surface area contributed by atoms with Crippen molar-refractivity contribution in [1.29, 1.82) is 0 Å². The van der Waals surface area contributed by atoms with E-state index in [-0.39, 0.29) is 12.6 Å². The monoisotopic (exact) mass is 255 g/mol. The quantitative estimate of drug-likeness (QED) is 0.839. The molecule has 2 N–H and O–H groups in total. The summed E-state index contributed by atoms with van der Waals surface area (Å²) in [5.41, 5.74) is 5.02. The largest absolute Gasteiger partial charge is 0.465 e. The number of hydrogen-bond donors (Lipinski definition) is 1. The molecular weight excluding hydrogens is 240 g/mol. The fourth-order valence-corrected chi connectivity index (χ4v) is 2.45. The molecule has 98 valence electrons. The molecule has 0 aliphatic heterocycles. The molecule has 2 rings (SSSR count). The molecule has 0 saturated heterocycles. The molecule has 0 heterocycles. The van der Waals surface area contributed by atoms with Crippen LogP contribution in [0.25, 0.3) is 0 Å². The molecule has 1 saturated carbocycles. The molecule has 0 bridgehead atoms. The number of halogens is 2. The van der Waals surface area contributed by atoms with Crippen LogP contribution in [0, 0.1) is 11.6 Å². The molecule has 18 heavy (non-hydrogen) atoms. The Labute approximate surface area is 104 Å². The molecule has 3 nitrogen and oxygen atoms in total. The van der Waals surface area contributed by atoms with Crippen LogP contribution in [0.5, 0.6) is 0 Å². The maximum Gasteiger partial charge on any atom is 0.316 e. The van der Waals surface area contributed by atoms with Crippen molar-refractivity contribution < 1.29 is 18.3 Å². The van der Waals surface area contributed by atoms with Gasteiger partial charge in [-0.1, -0.05) is 0 Å². The Bertz CT molecular complexity index is 450. The van der Waals surface area contributed by atoms with Gasteiger partial charge in [0.25, 0.3) is 0 Å². The zero-order chi connectivity index (χ0) is 13.3. The molecule has 0 unspecified atom stereocenters. The maximum atomic E-state index is 13.2. The lowest BCUT2D eigenvalue weighted by molar-refractivity contribution is -0.154. The minimum Gasteiger partial charge on any atom is -0.465 e. The van der Waals surface area contributed by atoms with Gasteiger partial charge in [-0.25, -0.2) is 8.78 Å². The Morgan fingerprint density at radius 2 is 1.94 bits per heavy atom. The third-order valence-electron chi connectivity index (χ3n) is 3.30. The summed E-state index contributed by atoms with van der Waals surface area (Å²) in [6.07, 6.45) is 0.712. The van der Waals surface area contributed by atoms with E-state index in [0.29, 0.717) is 18.4 Å². The standard InChI is InChI=1S/C13H15F2NO2/c1-2-18-12(17)13(6-11(16)7-13)8-3-9(14)5-10(15)4-8/h3-5,11H,2,6-7,16H2,1H3. The summed E-state index contributed by atoms with van der Waals surface area (Å²) in [6.45, 7) is 1.92. The van der Waals surface area contributed by atoms with Crippen molar-refractivity contribution in [3.63, 3.8) is 0 Å². The van der Waals surface area contributed by atoms with E-state index in [9.17, 15) is 13.6 Å². The lowest BCUT2D eigenvalue weighted by Crippen LogP contribution is -2.54. The van der Waals surface area contributed by atoms with Crippen molar-refractivity contribution in [3.05, 3.63) is 35.4 Å². The first-order valence-electron chi connectivity index (χ1n) is 5.87. The van der Waals surface area contributed by atoms with E-state index in [1.807, 2.05) is 0 Å². The Morgan fingerprint density at radius 3 is 2.39 bits per heavy atom. The number of ether oxygens (including phenoxy) is 1. The van der Waals surface area contributed by atoms with E-state index in [0.717, 1.165) is 6.07 Å². The van der Waals surface area contributed by atoms with Crippen LogP contribution in [-0.4, -0.2) is 18.6 Å². The third kappa shape index (κ3) is 2.10. The van der Waals surface area contributed by atoms with Crippen molar-refractivity contribution in [2.45, 2.75) is 31.2 Å². The second-order valence-corrected chi connectivity index (χ2v) is 4.63. The van der Waals surface area contributed by atoms with E-state index in [1.165, 1.54) is 12.1 Å². The number of hydrogen-bond acceptors (Lipinski definition) is 3. The van der Waals surface area contributed by atoms with E-state index in [1.54, 1.807) is 6.92 Å². The highest BCUT2D eigenvalue weighted by Gasteiger charge is 2.51. The van der Waals surface area contributed by atoms with Gasteiger partial charge in [-0.2, -0.15) is 0 Å². The Kier molecular flexibility index (Phi) is 3.34. The van der Waals surface area contributed by atoms with Gasteiger partial charge in [0.15, 0.2) is 0 Å². The fourth-order valence-electron chi connectivity index (χ4n) is 2.45. The average molecular weight is 255 g/mol. The molecule has 0 aromatic heterocycles. The smallest absolute Gasteiger partial charge is 0.316 e. The van der Waals surface area contributed by atoms with E-state index < -0.39 is 23.0 Å². The summed E-state index contributed by atoms with van der Waals surface area (Å²) < 4.78 is 31.5. The summed E-state index contributed by atoms with van der Waals surface area (Å²) in [6, 6.07) is 2.99. The first-order chi connectivity index (χ1) is 8.48. The molecular formula is C13H15F2NO2. The second kappa shape index (κ2) is 4.65. The highest BCUT2D eigenvalue weighted by molar-refractivity contribution is 5.85.